The number of Topliss-reactive ketones (excluding diaryl/α,β-unsaturated/α-hetero) is 1. The fraction of sp³-hybridized carbons (Fsp3) is 0.889. The van der Waals surface area contributed by atoms with Gasteiger partial charge in [-0.3, -0.25) is 4.79 Å². The molecule has 0 aromatic carbocycles. The zero-order valence-electron chi connectivity index (χ0n) is 7.19. The van der Waals surface area contributed by atoms with Crippen molar-refractivity contribution in [1.29, 1.82) is 0 Å². The molecule has 0 spiro atoms. The molecule has 4 aliphatic heterocycles. The van der Waals surface area contributed by atoms with Gasteiger partial charge in [0, 0.05) is 11.8 Å². The Balaban J connectivity index is 2.06. The summed E-state index contributed by atoms with van der Waals surface area (Å²) in [5.74, 6) is 0.822. The Hall–Kier alpha value is -0.410. The molecule has 0 aromatic heterocycles. The normalized spacial score (nSPS) is 61.7. The van der Waals surface area contributed by atoms with Crippen LogP contribution in [0.4, 0.5) is 0 Å². The maximum atomic E-state index is 11.5. The Bertz CT molecular complexity index is 244. The van der Waals surface area contributed by atoms with Gasteiger partial charge in [0.2, 0.25) is 0 Å². The first-order chi connectivity index (χ1) is 5.70. The average Bonchev–Trinajstić information content (AvgIpc) is 2.43. The summed E-state index contributed by atoms with van der Waals surface area (Å²) in [7, 11) is 0. The molecule has 12 heavy (non-hydrogen) atoms. The van der Waals surface area contributed by atoms with Gasteiger partial charge in [-0.2, -0.15) is 0 Å². The van der Waals surface area contributed by atoms with E-state index in [1.165, 1.54) is 0 Å². The average molecular weight is 168 g/mol. The van der Waals surface area contributed by atoms with Gasteiger partial charge in [-0.25, -0.2) is 0 Å². The van der Waals surface area contributed by atoms with Gasteiger partial charge < -0.3 is 9.47 Å². The molecule has 0 aliphatic carbocycles. The molecule has 4 heterocycles. The Morgan fingerprint density at radius 2 is 1.67 bits per heavy atom. The number of carbonyl (C=O) groups excluding carboxylic acids is 1. The second-order valence-corrected chi connectivity index (χ2v) is 4.16. The fourth-order valence-corrected chi connectivity index (χ4v) is 2.81. The van der Waals surface area contributed by atoms with E-state index in [-0.39, 0.29) is 36.1 Å². The van der Waals surface area contributed by atoms with Crippen molar-refractivity contribution in [2.75, 3.05) is 0 Å². The highest BCUT2D eigenvalue weighted by Crippen LogP contribution is 2.47. The zero-order valence-corrected chi connectivity index (χ0v) is 7.19. The molecule has 0 saturated carbocycles. The molecule has 66 valence electrons. The SMILES string of the molecule is CC1[C@H]2O[C@@H]3C(=O)C2O[C@@H]1C3C. The van der Waals surface area contributed by atoms with E-state index in [1.54, 1.807) is 0 Å². The van der Waals surface area contributed by atoms with Crippen LogP contribution in [0.5, 0.6) is 0 Å². The maximum absolute atomic E-state index is 11.5. The molecular formula is C9H12O3. The number of ether oxygens (including phenoxy) is 2. The van der Waals surface area contributed by atoms with Gasteiger partial charge >= 0.3 is 0 Å². The molecule has 0 N–H and O–H groups in total. The highest BCUT2D eigenvalue weighted by molar-refractivity contribution is 5.91. The molecule has 4 saturated heterocycles. The van der Waals surface area contributed by atoms with Gasteiger partial charge in [0.25, 0.3) is 0 Å². The maximum Gasteiger partial charge on any atom is 0.193 e. The summed E-state index contributed by atoms with van der Waals surface area (Å²) in [6.07, 6.45) is -0.0682. The minimum Gasteiger partial charge on any atom is -0.364 e. The van der Waals surface area contributed by atoms with Gasteiger partial charge in [-0.15, -0.1) is 0 Å². The van der Waals surface area contributed by atoms with Crippen molar-refractivity contribution < 1.29 is 14.3 Å². The van der Waals surface area contributed by atoms with Crippen molar-refractivity contribution in [3.63, 3.8) is 0 Å². The molecule has 6 atom stereocenters. The predicted molar refractivity (Wildman–Crippen MR) is 40.7 cm³/mol. The lowest BCUT2D eigenvalue weighted by atomic mass is 9.87. The van der Waals surface area contributed by atoms with Crippen LogP contribution in [-0.4, -0.2) is 30.2 Å². The molecule has 4 rings (SSSR count). The van der Waals surface area contributed by atoms with Crippen molar-refractivity contribution in [1.82, 2.24) is 0 Å². The Morgan fingerprint density at radius 3 is 2.33 bits per heavy atom. The zero-order chi connectivity index (χ0) is 8.46. The van der Waals surface area contributed by atoms with Crippen LogP contribution in [0.15, 0.2) is 0 Å². The van der Waals surface area contributed by atoms with Gasteiger partial charge in [0.1, 0.15) is 12.2 Å². The molecule has 4 fully saturated rings. The molecular weight excluding hydrogens is 156 g/mol. The number of rotatable bonds is 0. The van der Waals surface area contributed by atoms with Crippen LogP contribution in [0.2, 0.25) is 0 Å². The smallest absolute Gasteiger partial charge is 0.193 e. The minimum atomic E-state index is -0.230. The van der Waals surface area contributed by atoms with Crippen LogP contribution < -0.4 is 0 Å². The van der Waals surface area contributed by atoms with Gasteiger partial charge in [-0.1, -0.05) is 13.8 Å². The minimum absolute atomic E-state index is 0.0590. The molecule has 0 radical (unpaired) electrons. The lowest BCUT2D eigenvalue weighted by molar-refractivity contribution is -0.151. The lowest BCUT2D eigenvalue weighted by Gasteiger charge is -2.34. The van der Waals surface area contributed by atoms with Crippen molar-refractivity contribution >= 4 is 5.78 Å². The summed E-state index contributed by atoms with van der Waals surface area (Å²) in [4.78, 5) is 11.5. The Labute approximate surface area is 71.0 Å². The summed E-state index contributed by atoms with van der Waals surface area (Å²) < 4.78 is 11.2. The van der Waals surface area contributed by atoms with E-state index in [2.05, 4.69) is 6.92 Å². The van der Waals surface area contributed by atoms with Crippen LogP contribution in [-0.2, 0) is 14.3 Å². The van der Waals surface area contributed by atoms with E-state index in [1.807, 2.05) is 6.92 Å². The van der Waals surface area contributed by atoms with E-state index in [0.29, 0.717) is 5.92 Å². The molecule has 3 unspecified atom stereocenters. The van der Waals surface area contributed by atoms with Crippen molar-refractivity contribution in [3.05, 3.63) is 0 Å². The van der Waals surface area contributed by atoms with Crippen LogP contribution in [0, 0.1) is 11.8 Å². The predicted octanol–water partition coefficient (Wildman–Crippen LogP) is 0.376. The van der Waals surface area contributed by atoms with Crippen molar-refractivity contribution in [2.24, 2.45) is 11.8 Å². The summed E-state index contributed by atoms with van der Waals surface area (Å²) >= 11 is 0. The van der Waals surface area contributed by atoms with E-state index < -0.39 is 0 Å². The van der Waals surface area contributed by atoms with Gasteiger partial charge in [-0.05, 0) is 0 Å². The van der Waals surface area contributed by atoms with Gasteiger partial charge in [0.05, 0.1) is 12.2 Å². The van der Waals surface area contributed by atoms with Crippen LogP contribution in [0.1, 0.15) is 13.8 Å². The molecule has 4 bridgehead atoms. The van der Waals surface area contributed by atoms with E-state index in [0.717, 1.165) is 0 Å². The second-order valence-electron chi connectivity index (χ2n) is 4.16. The van der Waals surface area contributed by atoms with Crippen molar-refractivity contribution in [2.45, 2.75) is 38.3 Å². The molecule has 4 aliphatic rings. The third kappa shape index (κ3) is 0.559. The van der Waals surface area contributed by atoms with E-state index in [9.17, 15) is 4.79 Å². The standard InChI is InChI=1S/C9H12O3/c1-3-6-4(2)8-9(11-6)5(10)7(3)12-8/h3-4,6-9H,1-2H3/t3?,4?,6-,7+,8-,9?/m1/s1. The highest BCUT2D eigenvalue weighted by Gasteiger charge is 2.63. The van der Waals surface area contributed by atoms with Crippen LogP contribution in [0.3, 0.4) is 0 Å². The lowest BCUT2D eigenvalue weighted by Crippen LogP contribution is -2.45. The first kappa shape index (κ1) is 7.04. The third-order valence-corrected chi connectivity index (χ3v) is 3.50. The monoisotopic (exact) mass is 168 g/mol. The van der Waals surface area contributed by atoms with E-state index in [4.69, 9.17) is 9.47 Å². The number of hydrogen-bond donors (Lipinski definition) is 0. The van der Waals surface area contributed by atoms with Crippen molar-refractivity contribution in [3.8, 4) is 0 Å². The summed E-state index contributed by atoms with van der Waals surface area (Å²) in [6.45, 7) is 4.15. The van der Waals surface area contributed by atoms with Gasteiger partial charge in [0.15, 0.2) is 5.78 Å². The fourth-order valence-electron chi connectivity index (χ4n) is 2.81. The summed E-state index contributed by atoms with van der Waals surface area (Å²) in [6, 6.07) is 0. The first-order valence-electron chi connectivity index (χ1n) is 4.55. The molecule has 0 aromatic rings. The number of hydrogen-bond acceptors (Lipinski definition) is 3. The topological polar surface area (TPSA) is 35.5 Å². The summed E-state index contributed by atoms with van der Waals surface area (Å²) in [5, 5.41) is 0. The first-order valence-corrected chi connectivity index (χ1v) is 4.55. The highest BCUT2D eigenvalue weighted by atomic mass is 16.6. The quantitative estimate of drug-likeness (QED) is 0.524. The number of carbonyl (C=O) groups is 1. The largest absolute Gasteiger partial charge is 0.364 e. The van der Waals surface area contributed by atoms with E-state index >= 15 is 0 Å². The Kier molecular flexibility index (Phi) is 1.12. The number of ketones is 1. The van der Waals surface area contributed by atoms with Crippen LogP contribution in [0.25, 0.3) is 0 Å². The molecule has 3 heteroatoms. The van der Waals surface area contributed by atoms with Crippen LogP contribution >= 0.6 is 0 Å². The Morgan fingerprint density at radius 1 is 1.00 bits per heavy atom. The molecule has 3 nitrogen and oxygen atoms in total. The molecule has 0 amide bonds. The third-order valence-electron chi connectivity index (χ3n) is 3.50. The second kappa shape index (κ2) is 1.91. The summed E-state index contributed by atoms with van der Waals surface area (Å²) in [5.41, 5.74) is 0.